The minimum Gasteiger partial charge on any atom is -0.208 e. The minimum absolute atomic E-state index is 0.507. The Morgan fingerprint density at radius 1 is 0.191 bits per heavy atom. The first-order valence-electron chi connectivity index (χ1n) is 23.4. The zero-order valence-corrected chi connectivity index (χ0v) is 37.0. The van der Waals surface area contributed by atoms with Crippen LogP contribution in [0, 0.1) is 0 Å². The van der Waals surface area contributed by atoms with E-state index in [1.165, 1.54) is 77.9 Å². The zero-order chi connectivity index (χ0) is 44.8. The normalized spacial score (nSPS) is 13.8. The average Bonchev–Trinajstić information content (AvgIpc) is 3.88. The molecule has 0 bridgehead atoms. The molecule has 3 aliphatic rings. The molecule has 3 aliphatic carbocycles. The van der Waals surface area contributed by atoms with Gasteiger partial charge in [-0.25, -0.2) is 15.0 Å². The number of rotatable bonds is 5. The molecule has 0 N–H and O–H groups in total. The smallest absolute Gasteiger partial charge is 0.164 e. The average molecular weight is 864 g/mol. The molecule has 0 aliphatic heterocycles. The number of nitrogens with zero attached hydrogens (tertiary/aromatic N) is 3. The fraction of sp³-hybridized carbons (Fsp3) is 0.0308. The second kappa shape index (κ2) is 14.9. The predicted molar refractivity (Wildman–Crippen MR) is 275 cm³/mol. The number of hydrogen-bond donors (Lipinski definition) is 0. The molecule has 1 aromatic heterocycles. The van der Waals surface area contributed by atoms with Gasteiger partial charge in [-0.05, 0) is 101 Å². The van der Waals surface area contributed by atoms with Gasteiger partial charge in [0.2, 0.25) is 0 Å². The van der Waals surface area contributed by atoms with Gasteiger partial charge >= 0.3 is 0 Å². The van der Waals surface area contributed by atoms with Crippen LogP contribution in [0.15, 0.2) is 249 Å². The van der Waals surface area contributed by atoms with Crippen molar-refractivity contribution >= 4 is 0 Å². The van der Waals surface area contributed by atoms with Gasteiger partial charge < -0.3 is 0 Å². The van der Waals surface area contributed by atoms with Crippen LogP contribution in [-0.4, -0.2) is 15.0 Å². The first-order chi connectivity index (χ1) is 33.7. The van der Waals surface area contributed by atoms with Crippen molar-refractivity contribution in [2.75, 3.05) is 0 Å². The maximum absolute atomic E-state index is 5.37. The van der Waals surface area contributed by atoms with Crippen LogP contribution in [0.25, 0.3) is 78.7 Å². The van der Waals surface area contributed by atoms with Crippen molar-refractivity contribution in [2.45, 2.75) is 10.8 Å². The highest BCUT2D eigenvalue weighted by molar-refractivity contribution is 5.94. The van der Waals surface area contributed by atoms with Crippen molar-refractivity contribution in [3.05, 3.63) is 293 Å². The van der Waals surface area contributed by atoms with E-state index >= 15 is 0 Å². The number of hydrogen-bond acceptors (Lipinski definition) is 3. The molecule has 10 aromatic carbocycles. The molecule has 0 atom stereocenters. The second-order valence-electron chi connectivity index (χ2n) is 18.2. The number of fused-ring (bicyclic) bond motifs is 16. The lowest BCUT2D eigenvalue weighted by atomic mass is 9.52. The van der Waals surface area contributed by atoms with Crippen molar-refractivity contribution in [1.29, 1.82) is 0 Å². The fourth-order valence-electron chi connectivity index (χ4n) is 12.1. The van der Waals surface area contributed by atoms with Gasteiger partial charge in [0.25, 0.3) is 0 Å². The van der Waals surface area contributed by atoms with E-state index < -0.39 is 10.8 Å². The summed E-state index contributed by atoms with van der Waals surface area (Å²) in [4.78, 5) is 15.9. The third kappa shape index (κ3) is 5.39. The predicted octanol–water partition coefficient (Wildman–Crippen LogP) is 15.2. The summed E-state index contributed by atoms with van der Waals surface area (Å²) in [6.07, 6.45) is 0. The van der Waals surface area contributed by atoms with E-state index in [-0.39, 0.29) is 0 Å². The molecule has 14 rings (SSSR count). The second-order valence-corrected chi connectivity index (χ2v) is 18.2. The van der Waals surface area contributed by atoms with Crippen LogP contribution in [0.2, 0.25) is 0 Å². The Labute approximate surface area is 395 Å². The molecular formula is C65H41N3. The molecule has 1 heterocycles. The van der Waals surface area contributed by atoms with Gasteiger partial charge in [0, 0.05) is 16.7 Å². The largest absolute Gasteiger partial charge is 0.208 e. The topological polar surface area (TPSA) is 38.7 Å². The van der Waals surface area contributed by atoms with Crippen LogP contribution in [0.3, 0.4) is 0 Å². The first-order valence-corrected chi connectivity index (χ1v) is 23.4. The van der Waals surface area contributed by atoms with E-state index in [0.29, 0.717) is 17.5 Å². The summed E-state index contributed by atoms with van der Waals surface area (Å²) in [6.45, 7) is 0. The van der Waals surface area contributed by atoms with Crippen LogP contribution >= 0.6 is 0 Å². The minimum atomic E-state index is -0.630. The number of aromatic nitrogens is 3. The van der Waals surface area contributed by atoms with Crippen LogP contribution < -0.4 is 0 Å². The van der Waals surface area contributed by atoms with E-state index in [0.717, 1.165) is 27.8 Å². The van der Waals surface area contributed by atoms with Crippen molar-refractivity contribution in [3.8, 4) is 78.7 Å². The molecule has 0 amide bonds. The summed E-state index contributed by atoms with van der Waals surface area (Å²) in [6, 6.07) is 90.7. The van der Waals surface area contributed by atoms with Crippen molar-refractivity contribution in [3.63, 3.8) is 0 Å². The molecule has 0 saturated heterocycles. The van der Waals surface area contributed by atoms with Crippen LogP contribution in [0.4, 0.5) is 0 Å². The standard InChI is InChI=1S/C65H41N3/c1-3-18-42(19-4-1)43-34-36-44(37-35-43)46-22-17-23-47(40-46)62-66-61(45-20-5-2-6-21-45)67-63(68-62)48-38-39-52-51-26-9-12-29-55(51)65(60(52)41-48)58-32-15-13-30-56(58)64(57-31-14-16-33-59(57)65)53-27-10-7-24-49(53)50-25-8-11-28-54(50)64/h1-41H. The highest BCUT2D eigenvalue weighted by Gasteiger charge is 2.58. The highest BCUT2D eigenvalue weighted by atomic mass is 15.0. The molecule has 68 heavy (non-hydrogen) atoms. The molecule has 0 saturated carbocycles. The molecule has 11 aromatic rings. The van der Waals surface area contributed by atoms with Gasteiger partial charge in [0.15, 0.2) is 17.5 Å². The Morgan fingerprint density at radius 2 is 0.500 bits per heavy atom. The molecular weight excluding hydrogens is 823 g/mol. The Hall–Kier alpha value is -8.79. The Balaban J connectivity index is 0.976. The lowest BCUT2D eigenvalue weighted by Crippen LogP contribution is -2.43. The van der Waals surface area contributed by atoms with E-state index in [9.17, 15) is 0 Å². The highest BCUT2D eigenvalue weighted by Crippen LogP contribution is 2.67. The monoisotopic (exact) mass is 863 g/mol. The maximum Gasteiger partial charge on any atom is 0.164 e. The van der Waals surface area contributed by atoms with Gasteiger partial charge in [-0.1, -0.05) is 237 Å². The molecule has 316 valence electrons. The summed E-state index contributed by atoms with van der Waals surface area (Å²) >= 11 is 0. The Bertz CT molecular complexity index is 3700. The lowest BCUT2D eigenvalue weighted by Gasteiger charge is -2.48. The van der Waals surface area contributed by atoms with Crippen molar-refractivity contribution in [1.82, 2.24) is 15.0 Å². The fourth-order valence-corrected chi connectivity index (χ4v) is 12.1. The Morgan fingerprint density at radius 3 is 1.00 bits per heavy atom. The van der Waals surface area contributed by atoms with Crippen molar-refractivity contribution < 1.29 is 0 Å². The Kier molecular flexibility index (Phi) is 8.41. The molecule has 3 nitrogen and oxygen atoms in total. The number of benzene rings is 10. The van der Waals surface area contributed by atoms with E-state index in [2.05, 4.69) is 231 Å². The van der Waals surface area contributed by atoms with Crippen molar-refractivity contribution in [2.24, 2.45) is 0 Å². The van der Waals surface area contributed by atoms with E-state index in [4.69, 9.17) is 15.0 Å². The van der Waals surface area contributed by atoms with Crippen LogP contribution in [-0.2, 0) is 10.8 Å². The van der Waals surface area contributed by atoms with Gasteiger partial charge in [-0.3, -0.25) is 0 Å². The summed E-state index contributed by atoms with van der Waals surface area (Å²) in [5.74, 6) is 1.90. The van der Waals surface area contributed by atoms with E-state index in [1.54, 1.807) is 0 Å². The van der Waals surface area contributed by atoms with Crippen LogP contribution in [0.1, 0.15) is 44.5 Å². The summed E-state index contributed by atoms with van der Waals surface area (Å²) in [5, 5.41) is 0. The summed E-state index contributed by atoms with van der Waals surface area (Å²) in [7, 11) is 0. The first kappa shape index (κ1) is 38.5. The van der Waals surface area contributed by atoms with Crippen LogP contribution in [0.5, 0.6) is 0 Å². The third-order valence-electron chi connectivity index (χ3n) is 14.8. The van der Waals surface area contributed by atoms with Gasteiger partial charge in [-0.15, -0.1) is 0 Å². The molecule has 3 heteroatoms. The summed E-state index contributed by atoms with van der Waals surface area (Å²) in [5.41, 5.74) is 21.7. The molecule has 0 radical (unpaired) electrons. The molecule has 0 unspecified atom stereocenters. The summed E-state index contributed by atoms with van der Waals surface area (Å²) < 4.78 is 0. The zero-order valence-electron chi connectivity index (χ0n) is 37.0. The quantitative estimate of drug-likeness (QED) is 0.173. The third-order valence-corrected chi connectivity index (χ3v) is 14.8. The SMILES string of the molecule is c1ccc(-c2ccc(-c3cccc(-c4nc(-c5ccccc5)nc(-c5ccc6c(c5)C5(c7ccccc7-6)c6ccccc6C6(c7ccccc7-c7ccccc76)c6ccccc65)n4)c3)cc2)cc1. The van der Waals surface area contributed by atoms with Gasteiger partial charge in [-0.2, -0.15) is 0 Å². The molecule has 0 fully saturated rings. The lowest BCUT2D eigenvalue weighted by molar-refractivity contribution is 0.633. The maximum atomic E-state index is 5.37. The van der Waals surface area contributed by atoms with Gasteiger partial charge in [0.1, 0.15) is 0 Å². The molecule has 2 spiro atoms. The van der Waals surface area contributed by atoms with Gasteiger partial charge in [0.05, 0.1) is 10.8 Å². The van der Waals surface area contributed by atoms with E-state index in [1.807, 2.05) is 18.2 Å².